The third-order valence-corrected chi connectivity index (χ3v) is 2.87. The van der Waals surface area contributed by atoms with Gasteiger partial charge in [0, 0.05) is 12.6 Å². The van der Waals surface area contributed by atoms with Crippen LogP contribution in [0.1, 0.15) is 47.5 Å². The van der Waals surface area contributed by atoms with E-state index in [4.69, 9.17) is 5.73 Å². The van der Waals surface area contributed by atoms with Crippen LogP contribution in [0.25, 0.3) is 0 Å². The van der Waals surface area contributed by atoms with E-state index in [0.29, 0.717) is 12.0 Å². The lowest BCUT2D eigenvalue weighted by Crippen LogP contribution is -2.35. The molecule has 0 saturated heterocycles. The first-order chi connectivity index (χ1) is 6.97. The Morgan fingerprint density at radius 1 is 1.07 bits per heavy atom. The van der Waals surface area contributed by atoms with Crippen LogP contribution in [0.15, 0.2) is 0 Å². The third-order valence-electron chi connectivity index (χ3n) is 2.87. The average Bonchev–Trinajstić information content (AvgIpc) is 2.15. The van der Waals surface area contributed by atoms with Crippen molar-refractivity contribution in [2.24, 2.45) is 17.6 Å². The summed E-state index contributed by atoms with van der Waals surface area (Å²) in [6.07, 6.45) is 2.54. The Hall–Kier alpha value is -0.0800. The summed E-state index contributed by atoms with van der Waals surface area (Å²) in [6, 6.07) is 0.667. The molecule has 0 amide bonds. The van der Waals surface area contributed by atoms with Gasteiger partial charge in [0.2, 0.25) is 0 Å². The van der Waals surface area contributed by atoms with Gasteiger partial charge in [-0.15, -0.1) is 0 Å². The Morgan fingerprint density at radius 3 is 2.07 bits per heavy atom. The molecule has 0 rings (SSSR count). The topological polar surface area (TPSA) is 29.3 Å². The van der Waals surface area contributed by atoms with Gasteiger partial charge < -0.3 is 10.6 Å². The maximum atomic E-state index is 5.62. The maximum absolute atomic E-state index is 5.62. The summed E-state index contributed by atoms with van der Waals surface area (Å²) in [5.74, 6) is 1.44. The monoisotopic (exact) mass is 214 g/mol. The molecule has 1 atom stereocenters. The van der Waals surface area contributed by atoms with Crippen LogP contribution in [-0.4, -0.2) is 30.6 Å². The number of nitrogens with two attached hydrogens (primary N) is 1. The first kappa shape index (κ1) is 14.9. The summed E-state index contributed by atoms with van der Waals surface area (Å²) >= 11 is 0. The molecule has 0 aliphatic heterocycles. The highest BCUT2D eigenvalue weighted by atomic mass is 15.1. The van der Waals surface area contributed by atoms with Crippen molar-refractivity contribution in [3.05, 3.63) is 0 Å². The molecule has 0 heterocycles. The summed E-state index contributed by atoms with van der Waals surface area (Å²) in [5, 5.41) is 0. The van der Waals surface area contributed by atoms with Gasteiger partial charge in [0.25, 0.3) is 0 Å². The van der Waals surface area contributed by atoms with Crippen LogP contribution in [0.4, 0.5) is 0 Å². The molecule has 0 spiro atoms. The summed E-state index contributed by atoms with van der Waals surface area (Å²) < 4.78 is 0. The molecule has 0 aromatic heterocycles. The van der Waals surface area contributed by atoms with Crippen molar-refractivity contribution in [2.45, 2.75) is 53.5 Å². The smallest absolute Gasteiger partial charge is 0.00387 e. The van der Waals surface area contributed by atoms with E-state index >= 15 is 0 Å². The largest absolute Gasteiger partial charge is 0.330 e. The molecular weight excluding hydrogens is 184 g/mol. The molecule has 0 aromatic carbocycles. The van der Waals surface area contributed by atoms with Crippen LogP contribution in [-0.2, 0) is 0 Å². The highest BCUT2D eigenvalue weighted by Gasteiger charge is 2.11. The molecule has 0 aromatic rings. The Balaban J connectivity index is 3.76. The van der Waals surface area contributed by atoms with E-state index in [1.807, 2.05) is 0 Å². The SMILES string of the molecule is CC(C)CN(CCCC(C)CN)C(C)C. The van der Waals surface area contributed by atoms with E-state index in [1.165, 1.54) is 25.9 Å². The molecule has 0 fully saturated rings. The van der Waals surface area contributed by atoms with Crippen LogP contribution in [0, 0.1) is 11.8 Å². The Morgan fingerprint density at radius 2 is 1.67 bits per heavy atom. The fourth-order valence-electron chi connectivity index (χ4n) is 1.79. The average molecular weight is 214 g/mol. The molecule has 2 heteroatoms. The predicted octanol–water partition coefficient (Wildman–Crippen LogP) is 2.73. The molecule has 2 N–H and O–H groups in total. The van der Waals surface area contributed by atoms with Gasteiger partial charge in [-0.05, 0) is 51.6 Å². The van der Waals surface area contributed by atoms with E-state index < -0.39 is 0 Å². The molecule has 2 nitrogen and oxygen atoms in total. The van der Waals surface area contributed by atoms with Gasteiger partial charge in [-0.25, -0.2) is 0 Å². The molecule has 0 radical (unpaired) electrons. The van der Waals surface area contributed by atoms with Crippen LogP contribution >= 0.6 is 0 Å². The second-order valence-corrected chi connectivity index (χ2v) is 5.47. The molecule has 0 bridgehead atoms. The lowest BCUT2D eigenvalue weighted by atomic mass is 10.1. The molecule has 15 heavy (non-hydrogen) atoms. The minimum absolute atomic E-state index is 0.667. The molecule has 92 valence electrons. The van der Waals surface area contributed by atoms with Gasteiger partial charge in [0.05, 0.1) is 0 Å². The first-order valence-corrected chi connectivity index (χ1v) is 6.41. The predicted molar refractivity (Wildman–Crippen MR) is 69.0 cm³/mol. The van der Waals surface area contributed by atoms with E-state index in [-0.39, 0.29) is 0 Å². The summed E-state index contributed by atoms with van der Waals surface area (Å²) in [5.41, 5.74) is 5.62. The molecule has 1 unspecified atom stereocenters. The molecular formula is C13H30N2. The van der Waals surface area contributed by atoms with Gasteiger partial charge in [-0.3, -0.25) is 0 Å². The zero-order valence-corrected chi connectivity index (χ0v) is 11.3. The fourth-order valence-corrected chi connectivity index (χ4v) is 1.79. The van der Waals surface area contributed by atoms with Gasteiger partial charge in [-0.2, -0.15) is 0 Å². The maximum Gasteiger partial charge on any atom is 0.00387 e. The molecule has 0 saturated carbocycles. The lowest BCUT2D eigenvalue weighted by Gasteiger charge is -2.28. The minimum Gasteiger partial charge on any atom is -0.330 e. The van der Waals surface area contributed by atoms with Crippen molar-refractivity contribution in [2.75, 3.05) is 19.6 Å². The highest BCUT2D eigenvalue weighted by Crippen LogP contribution is 2.09. The summed E-state index contributed by atoms with van der Waals surface area (Å²) in [4.78, 5) is 2.58. The quantitative estimate of drug-likeness (QED) is 0.673. The summed E-state index contributed by atoms with van der Waals surface area (Å²) in [6.45, 7) is 14.7. The van der Waals surface area contributed by atoms with Crippen LogP contribution in [0.3, 0.4) is 0 Å². The van der Waals surface area contributed by atoms with Crippen molar-refractivity contribution in [3.63, 3.8) is 0 Å². The van der Waals surface area contributed by atoms with Gasteiger partial charge >= 0.3 is 0 Å². The molecule has 0 aliphatic rings. The van der Waals surface area contributed by atoms with Gasteiger partial charge in [0.1, 0.15) is 0 Å². The Bertz CT molecular complexity index is 143. The van der Waals surface area contributed by atoms with Crippen molar-refractivity contribution in [1.82, 2.24) is 4.90 Å². The first-order valence-electron chi connectivity index (χ1n) is 6.41. The van der Waals surface area contributed by atoms with Gasteiger partial charge in [-0.1, -0.05) is 20.8 Å². The van der Waals surface area contributed by atoms with Crippen molar-refractivity contribution in [3.8, 4) is 0 Å². The standard InChI is InChI=1S/C13H30N2/c1-11(2)10-15(12(3)4)8-6-7-13(5)9-14/h11-13H,6-10,14H2,1-5H3. The van der Waals surface area contributed by atoms with Crippen LogP contribution in [0.2, 0.25) is 0 Å². The van der Waals surface area contributed by atoms with E-state index in [0.717, 1.165) is 12.5 Å². The van der Waals surface area contributed by atoms with Gasteiger partial charge in [0.15, 0.2) is 0 Å². The minimum atomic E-state index is 0.667. The van der Waals surface area contributed by atoms with E-state index in [1.54, 1.807) is 0 Å². The highest BCUT2D eigenvalue weighted by molar-refractivity contribution is 4.65. The zero-order valence-electron chi connectivity index (χ0n) is 11.3. The molecule has 0 aliphatic carbocycles. The normalized spacial score (nSPS) is 14.2. The lowest BCUT2D eigenvalue weighted by molar-refractivity contribution is 0.191. The van der Waals surface area contributed by atoms with Crippen molar-refractivity contribution >= 4 is 0 Å². The zero-order chi connectivity index (χ0) is 11.8. The Kier molecular flexibility index (Phi) is 8.07. The third kappa shape index (κ3) is 7.80. The second kappa shape index (κ2) is 8.12. The van der Waals surface area contributed by atoms with Crippen LogP contribution in [0.5, 0.6) is 0 Å². The second-order valence-electron chi connectivity index (χ2n) is 5.47. The van der Waals surface area contributed by atoms with E-state index in [9.17, 15) is 0 Å². The summed E-state index contributed by atoms with van der Waals surface area (Å²) in [7, 11) is 0. The van der Waals surface area contributed by atoms with Crippen LogP contribution < -0.4 is 5.73 Å². The van der Waals surface area contributed by atoms with Crippen molar-refractivity contribution in [1.29, 1.82) is 0 Å². The number of hydrogen-bond donors (Lipinski definition) is 1. The Labute approximate surface area is 96.2 Å². The number of nitrogens with zero attached hydrogens (tertiary/aromatic N) is 1. The van der Waals surface area contributed by atoms with Crippen molar-refractivity contribution < 1.29 is 0 Å². The van der Waals surface area contributed by atoms with E-state index in [2.05, 4.69) is 39.5 Å². The number of hydrogen-bond acceptors (Lipinski definition) is 2. The number of rotatable bonds is 8. The fraction of sp³-hybridized carbons (Fsp3) is 1.00.